The molecule has 0 atom stereocenters. The number of carbonyl (C=O) groups is 2. The van der Waals surface area contributed by atoms with Crippen molar-refractivity contribution in [3.05, 3.63) is 70.7 Å². The molecule has 6 heteroatoms. The van der Waals surface area contributed by atoms with E-state index in [4.69, 9.17) is 11.6 Å². The van der Waals surface area contributed by atoms with Gasteiger partial charge in [-0.25, -0.2) is 5.43 Å². The molecular formula is C19H20ClN3O2. The molecule has 2 amide bonds. The number of halogens is 1. The number of benzene rings is 2. The van der Waals surface area contributed by atoms with E-state index in [9.17, 15) is 9.59 Å². The fourth-order valence-electron chi connectivity index (χ4n) is 2.11. The Morgan fingerprint density at radius 1 is 1.00 bits per heavy atom. The highest BCUT2D eigenvalue weighted by atomic mass is 35.5. The van der Waals surface area contributed by atoms with Crippen molar-refractivity contribution >= 4 is 29.1 Å². The predicted molar refractivity (Wildman–Crippen MR) is 99.6 cm³/mol. The number of amides is 2. The quantitative estimate of drug-likeness (QED) is 0.590. The molecule has 0 saturated heterocycles. The summed E-state index contributed by atoms with van der Waals surface area (Å²) in [6, 6.07) is 16.9. The van der Waals surface area contributed by atoms with Crippen molar-refractivity contribution < 1.29 is 9.59 Å². The van der Waals surface area contributed by atoms with Crippen LogP contribution in [-0.4, -0.2) is 24.1 Å². The van der Waals surface area contributed by atoms with E-state index in [0.717, 1.165) is 11.1 Å². The predicted octanol–water partition coefficient (Wildman–Crippen LogP) is 2.93. The summed E-state index contributed by atoms with van der Waals surface area (Å²) in [5.41, 5.74) is 5.03. The SMILES string of the molecule is C/C(=N/NC(=O)CNC(=O)CCc1ccccc1)c1ccc(Cl)cc1. The summed E-state index contributed by atoms with van der Waals surface area (Å²) in [6.07, 6.45) is 0.979. The molecule has 0 aromatic heterocycles. The zero-order valence-corrected chi connectivity index (χ0v) is 14.7. The minimum Gasteiger partial charge on any atom is -0.347 e. The summed E-state index contributed by atoms with van der Waals surface area (Å²) >= 11 is 5.83. The van der Waals surface area contributed by atoms with Crippen LogP contribution >= 0.6 is 11.6 Å². The lowest BCUT2D eigenvalue weighted by atomic mass is 10.1. The standard InChI is InChI=1S/C19H20ClN3O2/c1-14(16-8-10-17(20)11-9-16)22-23-19(25)13-21-18(24)12-7-15-5-3-2-4-6-15/h2-6,8-11H,7,12-13H2,1H3,(H,21,24)(H,23,25)/b22-14-. The summed E-state index contributed by atoms with van der Waals surface area (Å²) < 4.78 is 0. The maximum absolute atomic E-state index is 11.8. The van der Waals surface area contributed by atoms with E-state index < -0.39 is 0 Å². The molecule has 25 heavy (non-hydrogen) atoms. The van der Waals surface area contributed by atoms with Gasteiger partial charge in [0.05, 0.1) is 12.3 Å². The second-order valence-electron chi connectivity index (χ2n) is 5.50. The number of carbonyl (C=O) groups excluding carboxylic acids is 2. The molecule has 0 spiro atoms. The molecule has 0 bridgehead atoms. The lowest BCUT2D eigenvalue weighted by Crippen LogP contribution is -2.35. The smallest absolute Gasteiger partial charge is 0.259 e. The van der Waals surface area contributed by atoms with Gasteiger partial charge in [-0.05, 0) is 36.6 Å². The molecule has 0 aliphatic rings. The highest BCUT2D eigenvalue weighted by molar-refractivity contribution is 6.30. The van der Waals surface area contributed by atoms with Gasteiger partial charge in [-0.15, -0.1) is 0 Å². The van der Waals surface area contributed by atoms with E-state index in [1.54, 1.807) is 19.1 Å². The summed E-state index contributed by atoms with van der Waals surface area (Å²) in [5, 5.41) is 7.24. The van der Waals surface area contributed by atoms with Crippen molar-refractivity contribution in [1.29, 1.82) is 0 Å². The Balaban J connectivity index is 1.71. The van der Waals surface area contributed by atoms with Crippen LogP contribution in [0.2, 0.25) is 5.02 Å². The van der Waals surface area contributed by atoms with Crippen LogP contribution in [0.3, 0.4) is 0 Å². The highest BCUT2D eigenvalue weighted by Crippen LogP contribution is 2.10. The number of nitrogens with one attached hydrogen (secondary N) is 2. The molecule has 0 aliphatic carbocycles. The third kappa shape index (κ3) is 6.77. The fourth-order valence-corrected chi connectivity index (χ4v) is 2.24. The average molecular weight is 358 g/mol. The van der Waals surface area contributed by atoms with Gasteiger partial charge in [0.1, 0.15) is 0 Å². The van der Waals surface area contributed by atoms with Crippen LogP contribution in [-0.2, 0) is 16.0 Å². The van der Waals surface area contributed by atoms with Crippen LogP contribution < -0.4 is 10.7 Å². The average Bonchev–Trinajstić information content (AvgIpc) is 2.64. The number of hydrogen-bond donors (Lipinski definition) is 2. The molecule has 0 fully saturated rings. The van der Waals surface area contributed by atoms with Crippen molar-refractivity contribution in [3.63, 3.8) is 0 Å². The lowest BCUT2D eigenvalue weighted by Gasteiger charge is -2.06. The van der Waals surface area contributed by atoms with E-state index >= 15 is 0 Å². The summed E-state index contributed by atoms with van der Waals surface area (Å²) in [5.74, 6) is -0.543. The number of nitrogens with zero attached hydrogens (tertiary/aromatic N) is 1. The van der Waals surface area contributed by atoms with Gasteiger partial charge in [0.25, 0.3) is 5.91 Å². The van der Waals surface area contributed by atoms with E-state index in [1.165, 1.54) is 0 Å². The van der Waals surface area contributed by atoms with Gasteiger partial charge in [-0.1, -0.05) is 54.1 Å². The third-order valence-corrected chi connectivity index (χ3v) is 3.79. The zero-order chi connectivity index (χ0) is 18.1. The van der Waals surface area contributed by atoms with Crippen LogP contribution in [0.4, 0.5) is 0 Å². The summed E-state index contributed by atoms with van der Waals surface area (Å²) in [7, 11) is 0. The van der Waals surface area contributed by atoms with Crippen LogP contribution in [0.15, 0.2) is 59.7 Å². The van der Waals surface area contributed by atoms with E-state index in [1.807, 2.05) is 42.5 Å². The minimum atomic E-state index is -0.374. The number of hydrogen-bond acceptors (Lipinski definition) is 3. The third-order valence-electron chi connectivity index (χ3n) is 3.54. The van der Waals surface area contributed by atoms with Crippen molar-refractivity contribution in [2.75, 3.05) is 6.54 Å². The van der Waals surface area contributed by atoms with E-state index in [0.29, 0.717) is 23.6 Å². The topological polar surface area (TPSA) is 70.6 Å². The van der Waals surface area contributed by atoms with Crippen molar-refractivity contribution in [3.8, 4) is 0 Å². The molecule has 0 unspecified atom stereocenters. The van der Waals surface area contributed by atoms with Gasteiger partial charge in [-0.3, -0.25) is 9.59 Å². The van der Waals surface area contributed by atoms with Crippen LogP contribution in [0.25, 0.3) is 0 Å². The molecule has 0 aliphatic heterocycles. The van der Waals surface area contributed by atoms with Crippen LogP contribution in [0.1, 0.15) is 24.5 Å². The first kappa shape index (κ1) is 18.7. The van der Waals surface area contributed by atoms with Gasteiger partial charge in [-0.2, -0.15) is 5.10 Å². The van der Waals surface area contributed by atoms with Crippen molar-refractivity contribution in [2.45, 2.75) is 19.8 Å². The van der Waals surface area contributed by atoms with E-state index in [2.05, 4.69) is 15.8 Å². The zero-order valence-electron chi connectivity index (χ0n) is 14.0. The molecule has 0 saturated carbocycles. The first-order chi connectivity index (χ1) is 12.0. The summed E-state index contributed by atoms with van der Waals surface area (Å²) in [4.78, 5) is 23.5. The highest BCUT2D eigenvalue weighted by Gasteiger charge is 2.06. The van der Waals surface area contributed by atoms with Gasteiger partial charge < -0.3 is 5.32 Å². The molecule has 2 N–H and O–H groups in total. The number of hydrazone groups is 1. The van der Waals surface area contributed by atoms with Gasteiger partial charge in [0.15, 0.2) is 0 Å². The Morgan fingerprint density at radius 3 is 2.36 bits per heavy atom. The Kier molecular flexibility index (Phi) is 7.16. The molecule has 5 nitrogen and oxygen atoms in total. The largest absolute Gasteiger partial charge is 0.347 e. The maximum atomic E-state index is 11.8. The van der Waals surface area contributed by atoms with Gasteiger partial charge in [0, 0.05) is 11.4 Å². The molecule has 130 valence electrons. The van der Waals surface area contributed by atoms with Crippen molar-refractivity contribution in [1.82, 2.24) is 10.7 Å². The van der Waals surface area contributed by atoms with Gasteiger partial charge in [0.2, 0.25) is 5.91 Å². The monoisotopic (exact) mass is 357 g/mol. The second-order valence-corrected chi connectivity index (χ2v) is 5.94. The van der Waals surface area contributed by atoms with Crippen molar-refractivity contribution in [2.24, 2.45) is 5.10 Å². The second kappa shape index (κ2) is 9.59. The molecule has 2 aromatic carbocycles. The Labute approximate surface area is 152 Å². The minimum absolute atomic E-state index is 0.106. The number of rotatable bonds is 7. The molecule has 0 radical (unpaired) electrons. The molecule has 2 rings (SSSR count). The Hall–Kier alpha value is -2.66. The van der Waals surface area contributed by atoms with Crippen LogP contribution in [0, 0.1) is 0 Å². The normalized spacial score (nSPS) is 11.0. The maximum Gasteiger partial charge on any atom is 0.259 e. The lowest BCUT2D eigenvalue weighted by molar-refractivity contribution is -0.126. The van der Waals surface area contributed by atoms with Gasteiger partial charge >= 0.3 is 0 Å². The fraction of sp³-hybridized carbons (Fsp3) is 0.211. The molecule has 0 heterocycles. The van der Waals surface area contributed by atoms with E-state index in [-0.39, 0.29) is 18.4 Å². The molecule has 2 aromatic rings. The first-order valence-electron chi connectivity index (χ1n) is 7.94. The first-order valence-corrected chi connectivity index (χ1v) is 8.32. The van der Waals surface area contributed by atoms with Crippen LogP contribution in [0.5, 0.6) is 0 Å². The summed E-state index contributed by atoms with van der Waals surface area (Å²) in [6.45, 7) is 1.67. The number of aryl methyl sites for hydroxylation is 1. The Bertz CT molecular complexity index is 743. The molecular weight excluding hydrogens is 338 g/mol. The Morgan fingerprint density at radius 2 is 1.68 bits per heavy atom.